The molecule has 0 aromatic rings. The molecule has 1 aliphatic carbocycles. The summed E-state index contributed by atoms with van der Waals surface area (Å²) in [6, 6.07) is 0. The van der Waals surface area contributed by atoms with Gasteiger partial charge in [-0.05, 0) is 19.3 Å². The lowest BCUT2D eigenvalue weighted by atomic mass is 9.97. The third-order valence-electron chi connectivity index (χ3n) is 3.77. The van der Waals surface area contributed by atoms with Gasteiger partial charge in [-0.15, -0.1) is 0 Å². The lowest BCUT2D eigenvalue weighted by Gasteiger charge is -2.26. The highest BCUT2D eigenvalue weighted by Gasteiger charge is 2.18. The van der Waals surface area contributed by atoms with Crippen LogP contribution in [0, 0.1) is 0 Å². The van der Waals surface area contributed by atoms with Crippen LogP contribution in [0.2, 0.25) is 0 Å². The van der Waals surface area contributed by atoms with E-state index in [1.165, 1.54) is 64.2 Å². The molecule has 2 nitrogen and oxygen atoms in total. The maximum Gasteiger partial charge on any atom is 0.0809 e. The van der Waals surface area contributed by atoms with E-state index in [9.17, 15) is 5.11 Å². The Hall–Kier alpha value is -0.0800. The predicted octanol–water partition coefficient (Wildman–Crippen LogP) is 4.06. The van der Waals surface area contributed by atoms with Crippen LogP contribution in [0.25, 0.3) is 0 Å². The quantitative estimate of drug-likeness (QED) is 0.618. The zero-order valence-electron chi connectivity index (χ0n) is 11.5. The van der Waals surface area contributed by atoms with Crippen molar-refractivity contribution in [3.63, 3.8) is 0 Å². The fraction of sp³-hybridized carbons (Fsp3) is 1.00. The van der Waals surface area contributed by atoms with Gasteiger partial charge in [-0.25, -0.2) is 0 Å². The van der Waals surface area contributed by atoms with E-state index in [4.69, 9.17) is 4.74 Å². The second-order valence-electron chi connectivity index (χ2n) is 5.40. The van der Waals surface area contributed by atoms with Crippen molar-refractivity contribution in [3.05, 3.63) is 0 Å². The smallest absolute Gasteiger partial charge is 0.0809 e. The fourth-order valence-corrected chi connectivity index (χ4v) is 2.65. The van der Waals surface area contributed by atoms with Gasteiger partial charge in [0.2, 0.25) is 0 Å². The molecule has 0 aromatic carbocycles. The van der Waals surface area contributed by atoms with Crippen LogP contribution in [-0.2, 0) is 4.74 Å². The van der Waals surface area contributed by atoms with Crippen LogP contribution >= 0.6 is 0 Å². The van der Waals surface area contributed by atoms with Crippen LogP contribution < -0.4 is 0 Å². The number of unbranched alkanes of at least 4 members (excludes halogenated alkanes) is 4. The number of aliphatic hydroxyl groups is 1. The summed E-state index contributed by atoms with van der Waals surface area (Å²) in [6.45, 7) is 2.44. The van der Waals surface area contributed by atoms with Gasteiger partial charge >= 0.3 is 0 Å². The molecular weight excluding hydrogens is 212 g/mol. The first kappa shape index (κ1) is 15.0. The SMILES string of the molecule is CCCCCCCC(CO)OC1CCCCC1. The molecule has 2 heteroatoms. The molecular formula is C15H30O2. The Balaban J connectivity index is 2.05. The third-order valence-corrected chi connectivity index (χ3v) is 3.77. The molecule has 17 heavy (non-hydrogen) atoms. The molecule has 102 valence electrons. The minimum atomic E-state index is 0.0970. The van der Waals surface area contributed by atoms with E-state index >= 15 is 0 Å². The van der Waals surface area contributed by atoms with Crippen molar-refractivity contribution in [1.82, 2.24) is 0 Å². The van der Waals surface area contributed by atoms with Crippen molar-refractivity contribution >= 4 is 0 Å². The summed E-state index contributed by atoms with van der Waals surface area (Å²) in [6.07, 6.45) is 14.4. The van der Waals surface area contributed by atoms with Crippen LogP contribution in [0.1, 0.15) is 77.6 Å². The van der Waals surface area contributed by atoms with Gasteiger partial charge in [0.15, 0.2) is 0 Å². The number of rotatable bonds is 9. The molecule has 1 rings (SSSR count). The number of hydrogen-bond acceptors (Lipinski definition) is 2. The minimum absolute atomic E-state index is 0.0970. The van der Waals surface area contributed by atoms with E-state index in [2.05, 4.69) is 6.92 Å². The monoisotopic (exact) mass is 242 g/mol. The Bertz CT molecular complexity index is 164. The number of aliphatic hydroxyl groups excluding tert-OH is 1. The van der Waals surface area contributed by atoms with Gasteiger partial charge in [-0.2, -0.15) is 0 Å². The van der Waals surface area contributed by atoms with Crippen LogP contribution in [0.4, 0.5) is 0 Å². The molecule has 0 aromatic heterocycles. The van der Waals surface area contributed by atoms with Gasteiger partial charge in [-0.1, -0.05) is 58.3 Å². The largest absolute Gasteiger partial charge is 0.394 e. The molecule has 0 bridgehead atoms. The van der Waals surface area contributed by atoms with Crippen molar-refractivity contribution in [1.29, 1.82) is 0 Å². The Morgan fingerprint density at radius 3 is 2.41 bits per heavy atom. The summed E-state index contributed by atoms with van der Waals surface area (Å²) in [4.78, 5) is 0. The summed E-state index contributed by atoms with van der Waals surface area (Å²) in [5.41, 5.74) is 0. The molecule has 0 heterocycles. The highest BCUT2D eigenvalue weighted by atomic mass is 16.5. The molecule has 1 unspecified atom stereocenters. The van der Waals surface area contributed by atoms with Gasteiger partial charge in [0.05, 0.1) is 18.8 Å². The van der Waals surface area contributed by atoms with E-state index in [1.807, 2.05) is 0 Å². The minimum Gasteiger partial charge on any atom is -0.394 e. The van der Waals surface area contributed by atoms with Gasteiger partial charge in [0.25, 0.3) is 0 Å². The molecule has 0 spiro atoms. The maximum atomic E-state index is 9.33. The first-order valence-electron chi connectivity index (χ1n) is 7.63. The molecule has 0 saturated heterocycles. The lowest BCUT2D eigenvalue weighted by molar-refractivity contribution is -0.0571. The zero-order chi connectivity index (χ0) is 12.3. The Morgan fingerprint density at radius 1 is 1.06 bits per heavy atom. The van der Waals surface area contributed by atoms with E-state index < -0.39 is 0 Å². The Labute approximate surface area is 107 Å². The fourth-order valence-electron chi connectivity index (χ4n) is 2.65. The van der Waals surface area contributed by atoms with Crippen molar-refractivity contribution in [3.8, 4) is 0 Å². The Kier molecular flexibility index (Phi) is 8.72. The predicted molar refractivity (Wildman–Crippen MR) is 72.2 cm³/mol. The maximum absolute atomic E-state index is 9.33. The number of ether oxygens (including phenoxy) is 1. The first-order valence-corrected chi connectivity index (χ1v) is 7.63. The Morgan fingerprint density at radius 2 is 1.76 bits per heavy atom. The summed E-state index contributed by atoms with van der Waals surface area (Å²) in [5.74, 6) is 0. The zero-order valence-corrected chi connectivity index (χ0v) is 11.5. The lowest BCUT2D eigenvalue weighted by Crippen LogP contribution is -2.26. The normalized spacial score (nSPS) is 19.4. The first-order chi connectivity index (χ1) is 8.36. The average Bonchev–Trinajstić information content (AvgIpc) is 2.38. The summed E-state index contributed by atoms with van der Waals surface area (Å²) in [7, 11) is 0. The van der Waals surface area contributed by atoms with Gasteiger partial charge in [0, 0.05) is 0 Å². The van der Waals surface area contributed by atoms with E-state index in [0.717, 1.165) is 6.42 Å². The topological polar surface area (TPSA) is 29.5 Å². The highest BCUT2D eigenvalue weighted by molar-refractivity contribution is 4.68. The molecule has 1 atom stereocenters. The molecule has 0 radical (unpaired) electrons. The summed E-state index contributed by atoms with van der Waals surface area (Å²) >= 11 is 0. The van der Waals surface area contributed by atoms with Gasteiger partial charge < -0.3 is 9.84 Å². The van der Waals surface area contributed by atoms with Crippen LogP contribution in [0.5, 0.6) is 0 Å². The van der Waals surface area contributed by atoms with Crippen molar-refractivity contribution in [2.24, 2.45) is 0 Å². The number of hydrogen-bond donors (Lipinski definition) is 1. The van der Waals surface area contributed by atoms with Crippen molar-refractivity contribution < 1.29 is 9.84 Å². The molecule has 0 aliphatic heterocycles. The van der Waals surface area contributed by atoms with E-state index in [1.54, 1.807) is 0 Å². The van der Waals surface area contributed by atoms with Crippen molar-refractivity contribution in [2.45, 2.75) is 89.8 Å². The highest BCUT2D eigenvalue weighted by Crippen LogP contribution is 2.22. The second kappa shape index (κ2) is 9.90. The molecule has 1 saturated carbocycles. The van der Waals surface area contributed by atoms with E-state index in [-0.39, 0.29) is 12.7 Å². The van der Waals surface area contributed by atoms with Crippen LogP contribution in [0.3, 0.4) is 0 Å². The molecule has 0 amide bonds. The van der Waals surface area contributed by atoms with Crippen LogP contribution in [0.15, 0.2) is 0 Å². The van der Waals surface area contributed by atoms with Gasteiger partial charge in [-0.3, -0.25) is 0 Å². The van der Waals surface area contributed by atoms with Crippen molar-refractivity contribution in [2.75, 3.05) is 6.61 Å². The van der Waals surface area contributed by atoms with Gasteiger partial charge in [0.1, 0.15) is 0 Å². The average molecular weight is 242 g/mol. The summed E-state index contributed by atoms with van der Waals surface area (Å²) in [5, 5.41) is 9.33. The summed E-state index contributed by atoms with van der Waals surface area (Å²) < 4.78 is 6.00. The van der Waals surface area contributed by atoms with Crippen LogP contribution in [-0.4, -0.2) is 23.9 Å². The third kappa shape index (κ3) is 7.05. The molecule has 1 N–H and O–H groups in total. The van der Waals surface area contributed by atoms with E-state index in [0.29, 0.717) is 6.10 Å². The molecule has 1 aliphatic rings. The standard InChI is InChI=1S/C15H30O2/c1-2-3-4-5-7-12-15(13-16)17-14-10-8-6-9-11-14/h14-16H,2-13H2,1H3. The second-order valence-corrected chi connectivity index (χ2v) is 5.40. The molecule has 1 fully saturated rings.